The molecule has 0 bridgehead atoms. The third-order valence-corrected chi connectivity index (χ3v) is 7.72. The third-order valence-electron chi connectivity index (χ3n) is 7.56. The van der Waals surface area contributed by atoms with Crippen molar-refractivity contribution in [1.82, 2.24) is 14.8 Å². The van der Waals surface area contributed by atoms with Crippen LogP contribution in [0.5, 0.6) is 0 Å². The Labute approximate surface area is 273 Å². The molecule has 0 radical (unpaired) electrons. The number of hydrazone groups is 1. The van der Waals surface area contributed by atoms with Gasteiger partial charge in [-0.05, 0) is 109 Å². The van der Waals surface area contributed by atoms with Crippen molar-refractivity contribution in [1.29, 1.82) is 0 Å². The molecule has 1 aromatic rings. The summed E-state index contributed by atoms with van der Waals surface area (Å²) in [7, 11) is 0. The molecule has 248 valence electrons. The Bertz CT molecular complexity index is 1280. The number of hydrogen-bond donors (Lipinski definition) is 1. The van der Waals surface area contributed by atoms with Gasteiger partial charge < -0.3 is 25.0 Å². The van der Waals surface area contributed by atoms with E-state index in [1.807, 2.05) is 77.9 Å². The fourth-order valence-electron chi connectivity index (χ4n) is 5.31. The molecule has 45 heavy (non-hydrogen) atoms. The van der Waals surface area contributed by atoms with Crippen molar-refractivity contribution in [3.05, 3.63) is 59.8 Å². The Morgan fingerprint density at radius 1 is 1.00 bits per heavy atom. The molecule has 1 aromatic carbocycles. The van der Waals surface area contributed by atoms with Gasteiger partial charge in [0.2, 0.25) is 5.29 Å². The first kappa shape index (κ1) is 35.9. The lowest BCUT2D eigenvalue weighted by atomic mass is 10.1. The molecule has 1 aliphatic carbocycles. The molecule has 2 amide bonds. The fourth-order valence-corrected chi connectivity index (χ4v) is 5.49. The fraction of sp³-hybridized carbons (Fsp3) is 0.588. The van der Waals surface area contributed by atoms with E-state index in [0.29, 0.717) is 44.6 Å². The van der Waals surface area contributed by atoms with E-state index in [2.05, 4.69) is 28.8 Å². The molecule has 2 atom stereocenters. The van der Waals surface area contributed by atoms with Crippen LogP contribution in [0.4, 0.5) is 9.59 Å². The first-order valence-electron chi connectivity index (χ1n) is 15.7. The lowest BCUT2D eigenvalue weighted by molar-refractivity contribution is 0.0186. The van der Waals surface area contributed by atoms with Crippen LogP contribution in [0, 0.1) is 5.92 Å². The highest BCUT2D eigenvalue weighted by Crippen LogP contribution is 2.32. The molecule has 3 rings (SSSR count). The molecule has 2 N–H and O–H groups in total. The average Bonchev–Trinajstić information content (AvgIpc) is 3.40. The highest BCUT2D eigenvalue weighted by molar-refractivity contribution is 6.65. The standard InChI is InChI=1S/C34H51ClN6O4/c1-24-22-41(38-30(35)37-29(36)25(24)2)28-16-15-27(21-28)23-40(32(43)45-34(6,7)8)19-12-18-39(31(42)44-33(3,4)5)20-17-26-13-10-9-11-14-26/h9-11,13-14,22,27-28H,2,12,15-21,23H2,1,3-8H3,(H2,36,37,38)/b24-22-. The van der Waals surface area contributed by atoms with Crippen molar-refractivity contribution in [3.8, 4) is 0 Å². The number of carbonyl (C=O) groups excluding carboxylic acids is 2. The molecule has 1 heterocycles. The van der Waals surface area contributed by atoms with Crippen molar-refractivity contribution < 1.29 is 19.1 Å². The number of halogens is 1. The molecular formula is C34H51ClN6O4. The predicted octanol–water partition coefficient (Wildman–Crippen LogP) is 6.90. The van der Waals surface area contributed by atoms with E-state index in [1.165, 1.54) is 0 Å². The molecule has 2 aliphatic rings. The van der Waals surface area contributed by atoms with Crippen LogP contribution in [-0.4, -0.2) is 81.5 Å². The van der Waals surface area contributed by atoms with Crippen LogP contribution in [0.15, 0.2) is 64.4 Å². The van der Waals surface area contributed by atoms with Gasteiger partial charge in [-0.15, -0.1) is 5.10 Å². The van der Waals surface area contributed by atoms with Gasteiger partial charge in [0.25, 0.3) is 0 Å². The lowest BCUT2D eigenvalue weighted by Crippen LogP contribution is -2.42. The summed E-state index contributed by atoms with van der Waals surface area (Å²) >= 11 is 6.26. The van der Waals surface area contributed by atoms with Crippen LogP contribution in [-0.2, 0) is 15.9 Å². The number of aliphatic imine (C=N–C) groups is 1. The van der Waals surface area contributed by atoms with E-state index >= 15 is 0 Å². The van der Waals surface area contributed by atoms with E-state index in [0.717, 1.165) is 30.4 Å². The second-order valence-electron chi connectivity index (χ2n) is 13.9. The topological polar surface area (TPSA) is 113 Å². The van der Waals surface area contributed by atoms with E-state index in [-0.39, 0.29) is 35.3 Å². The molecule has 11 heteroatoms. The number of nitrogens with zero attached hydrogens (tertiary/aromatic N) is 5. The number of nitrogens with two attached hydrogens (primary N) is 1. The Morgan fingerprint density at radius 2 is 1.60 bits per heavy atom. The molecule has 1 aliphatic heterocycles. The van der Waals surface area contributed by atoms with Gasteiger partial charge in [0.05, 0.1) is 6.04 Å². The van der Waals surface area contributed by atoms with Gasteiger partial charge in [-0.2, -0.15) is 4.99 Å². The molecule has 10 nitrogen and oxygen atoms in total. The highest BCUT2D eigenvalue weighted by atomic mass is 35.5. The smallest absolute Gasteiger partial charge is 0.410 e. The van der Waals surface area contributed by atoms with Crippen molar-refractivity contribution >= 4 is 34.9 Å². The first-order chi connectivity index (χ1) is 21.0. The Hall–Kier alpha value is -3.53. The largest absolute Gasteiger partial charge is 0.444 e. The number of hydrogen-bond acceptors (Lipinski definition) is 8. The number of ether oxygens (including phenoxy) is 2. The predicted molar refractivity (Wildman–Crippen MR) is 181 cm³/mol. The maximum Gasteiger partial charge on any atom is 0.410 e. The Balaban J connectivity index is 1.69. The summed E-state index contributed by atoms with van der Waals surface area (Å²) in [5, 5.41) is 6.38. The van der Waals surface area contributed by atoms with Crippen molar-refractivity contribution in [2.75, 3.05) is 26.2 Å². The summed E-state index contributed by atoms with van der Waals surface area (Å²) in [4.78, 5) is 34.2. The number of amidine groups is 2. The normalized spacial score (nSPS) is 22.6. The maximum atomic E-state index is 13.4. The summed E-state index contributed by atoms with van der Waals surface area (Å²) in [6.07, 6.45) is 5.08. The Morgan fingerprint density at radius 3 is 2.22 bits per heavy atom. The molecule has 0 saturated heterocycles. The highest BCUT2D eigenvalue weighted by Gasteiger charge is 2.33. The van der Waals surface area contributed by atoms with E-state index in [1.54, 1.807) is 9.80 Å². The van der Waals surface area contributed by atoms with Gasteiger partial charge in [0.15, 0.2) is 0 Å². The van der Waals surface area contributed by atoms with Gasteiger partial charge in [0, 0.05) is 38.0 Å². The maximum absolute atomic E-state index is 13.4. The number of amides is 2. The van der Waals surface area contributed by atoms with Crippen molar-refractivity contribution in [3.63, 3.8) is 0 Å². The summed E-state index contributed by atoms with van der Waals surface area (Å²) in [5.41, 5.74) is 7.36. The quantitative estimate of drug-likeness (QED) is 0.278. The second kappa shape index (κ2) is 15.7. The molecule has 0 spiro atoms. The number of rotatable bonds is 10. The van der Waals surface area contributed by atoms with Crippen molar-refractivity contribution in [2.45, 2.75) is 97.8 Å². The van der Waals surface area contributed by atoms with Crippen LogP contribution in [0.25, 0.3) is 0 Å². The summed E-state index contributed by atoms with van der Waals surface area (Å²) < 4.78 is 11.5. The van der Waals surface area contributed by atoms with Crippen LogP contribution in [0.2, 0.25) is 0 Å². The van der Waals surface area contributed by atoms with Crippen LogP contribution in [0.1, 0.15) is 79.7 Å². The van der Waals surface area contributed by atoms with Gasteiger partial charge in [-0.3, -0.25) is 5.01 Å². The van der Waals surface area contributed by atoms with Crippen LogP contribution in [0.3, 0.4) is 0 Å². The van der Waals surface area contributed by atoms with Crippen LogP contribution >= 0.6 is 11.6 Å². The zero-order valence-electron chi connectivity index (χ0n) is 28.0. The molecule has 1 fully saturated rings. The molecular weight excluding hydrogens is 592 g/mol. The number of carbonyl (C=O) groups is 2. The minimum absolute atomic E-state index is 0.0537. The van der Waals surface area contributed by atoms with Gasteiger partial charge in [0.1, 0.15) is 17.0 Å². The molecule has 2 unspecified atom stereocenters. The zero-order chi connectivity index (χ0) is 33.4. The van der Waals surface area contributed by atoms with Crippen molar-refractivity contribution in [2.24, 2.45) is 21.7 Å². The lowest BCUT2D eigenvalue weighted by Gasteiger charge is -2.31. The average molecular weight is 643 g/mol. The molecule has 1 saturated carbocycles. The van der Waals surface area contributed by atoms with Gasteiger partial charge in [-0.1, -0.05) is 36.9 Å². The third kappa shape index (κ3) is 12.1. The summed E-state index contributed by atoms with van der Waals surface area (Å²) in [5.74, 6) is 0.479. The summed E-state index contributed by atoms with van der Waals surface area (Å²) in [6.45, 7) is 19.1. The van der Waals surface area contributed by atoms with E-state index in [4.69, 9.17) is 26.8 Å². The van der Waals surface area contributed by atoms with Gasteiger partial charge >= 0.3 is 12.2 Å². The summed E-state index contributed by atoms with van der Waals surface area (Å²) in [6, 6.07) is 10.1. The van der Waals surface area contributed by atoms with E-state index in [9.17, 15) is 9.59 Å². The minimum Gasteiger partial charge on any atom is -0.444 e. The monoisotopic (exact) mass is 642 g/mol. The number of benzene rings is 1. The van der Waals surface area contributed by atoms with E-state index < -0.39 is 11.2 Å². The minimum atomic E-state index is -0.630. The first-order valence-corrected chi connectivity index (χ1v) is 16.1. The zero-order valence-corrected chi connectivity index (χ0v) is 28.8. The SMILES string of the molecule is C=C1/C(C)=C\N(C2CCC(CN(CCCN(CCc3ccccc3)C(=O)OC(C)(C)C)C(=O)OC(C)(C)C)C2)/N=C(Cl)\N=C/1N. The molecule has 0 aromatic heterocycles. The second-order valence-corrected chi connectivity index (χ2v) is 14.2. The van der Waals surface area contributed by atoms with Gasteiger partial charge in [-0.25, -0.2) is 9.59 Å². The van der Waals surface area contributed by atoms with Crippen LogP contribution < -0.4 is 5.73 Å². The Kier molecular flexibility index (Phi) is 12.5.